The van der Waals surface area contributed by atoms with Crippen molar-refractivity contribution in [1.82, 2.24) is 19.4 Å². The molecule has 0 N–H and O–H groups in total. The van der Waals surface area contributed by atoms with Gasteiger partial charge in [-0.15, -0.1) is 0 Å². The number of Topliss-reactive ketones (excluding diaryl/α,β-unsaturated/α-hetero) is 1. The molecule has 0 amide bonds. The molecule has 0 aliphatic carbocycles. The van der Waals surface area contributed by atoms with Crippen LogP contribution in [-0.4, -0.2) is 52.0 Å². The molecule has 0 bridgehead atoms. The zero-order valence-corrected chi connectivity index (χ0v) is 23.2. The molecule has 1 aliphatic rings. The van der Waals surface area contributed by atoms with Gasteiger partial charge in [-0.3, -0.25) is 14.4 Å². The normalized spacial score (nSPS) is 17.3. The van der Waals surface area contributed by atoms with Crippen LogP contribution >= 0.6 is 0 Å². The highest BCUT2D eigenvalue weighted by Crippen LogP contribution is 2.37. The fourth-order valence-corrected chi connectivity index (χ4v) is 5.26. The first-order valence-corrected chi connectivity index (χ1v) is 13.4. The summed E-state index contributed by atoms with van der Waals surface area (Å²) >= 11 is 0. The van der Waals surface area contributed by atoms with Gasteiger partial charge in [0.25, 0.3) is 0 Å². The second-order valence-electron chi connectivity index (χ2n) is 10.3. The maximum Gasteiger partial charge on any atom is 0.250 e. The van der Waals surface area contributed by atoms with Crippen molar-refractivity contribution in [2.24, 2.45) is 13.0 Å². The summed E-state index contributed by atoms with van der Waals surface area (Å²) in [4.78, 5) is 31.7. The lowest BCUT2D eigenvalue weighted by Gasteiger charge is -2.18. The Kier molecular flexibility index (Phi) is 8.53. The van der Waals surface area contributed by atoms with Crippen molar-refractivity contribution in [2.45, 2.75) is 25.9 Å². The third kappa shape index (κ3) is 6.19. The monoisotopic (exact) mass is 562 g/mol. The van der Waals surface area contributed by atoms with Crippen molar-refractivity contribution >= 4 is 5.78 Å². The Balaban J connectivity index is 1.44. The van der Waals surface area contributed by atoms with Crippen LogP contribution in [0.1, 0.15) is 29.3 Å². The molecule has 214 valence electrons. The highest BCUT2D eigenvalue weighted by Gasteiger charge is 2.37. The molecule has 1 aliphatic heterocycles. The van der Waals surface area contributed by atoms with Crippen LogP contribution in [0.5, 0.6) is 0 Å². The van der Waals surface area contributed by atoms with Crippen molar-refractivity contribution in [2.75, 3.05) is 26.8 Å². The SMILES string of the molecule is COCCN1C[C@@H](CC(=O)Cc2c(C)c(-c3ccc(=O)n(C)c3)nn2-c2ccccc2)[C@H](c2ccc(F)c(F)c2)O1. The van der Waals surface area contributed by atoms with Gasteiger partial charge in [-0.1, -0.05) is 24.3 Å². The molecule has 1 saturated heterocycles. The summed E-state index contributed by atoms with van der Waals surface area (Å²) in [6.45, 7) is 3.27. The number of ether oxygens (including phenoxy) is 1. The molecule has 2 aromatic carbocycles. The van der Waals surface area contributed by atoms with Gasteiger partial charge in [-0.05, 0) is 48.4 Å². The number of rotatable bonds is 10. The van der Waals surface area contributed by atoms with Crippen LogP contribution in [0.15, 0.2) is 71.7 Å². The number of para-hydroxylation sites is 1. The fourth-order valence-electron chi connectivity index (χ4n) is 5.26. The summed E-state index contributed by atoms with van der Waals surface area (Å²) in [5.41, 5.74) is 4.18. The number of aromatic nitrogens is 3. The van der Waals surface area contributed by atoms with Crippen LogP contribution in [0, 0.1) is 24.5 Å². The maximum absolute atomic E-state index is 14.1. The number of hydrogen-bond acceptors (Lipinski definition) is 6. The zero-order chi connectivity index (χ0) is 29.1. The predicted molar refractivity (Wildman–Crippen MR) is 149 cm³/mol. The summed E-state index contributed by atoms with van der Waals surface area (Å²) in [5.74, 6) is -2.21. The highest BCUT2D eigenvalue weighted by atomic mass is 19.2. The minimum Gasteiger partial charge on any atom is -0.383 e. The maximum atomic E-state index is 14.1. The van der Waals surface area contributed by atoms with Gasteiger partial charge in [0, 0.05) is 63.8 Å². The van der Waals surface area contributed by atoms with E-state index in [1.54, 1.807) is 36.2 Å². The van der Waals surface area contributed by atoms with Crippen LogP contribution in [0.25, 0.3) is 16.9 Å². The molecular formula is C31H32F2N4O4. The van der Waals surface area contributed by atoms with E-state index in [4.69, 9.17) is 14.7 Å². The van der Waals surface area contributed by atoms with Crippen molar-refractivity contribution < 1.29 is 23.1 Å². The van der Waals surface area contributed by atoms with Gasteiger partial charge in [-0.2, -0.15) is 10.2 Å². The first kappa shape index (κ1) is 28.5. The number of nitrogens with zero attached hydrogens (tertiary/aromatic N) is 4. The summed E-state index contributed by atoms with van der Waals surface area (Å²) in [6, 6.07) is 16.5. The average Bonchev–Trinajstić information content (AvgIpc) is 3.51. The van der Waals surface area contributed by atoms with Crippen LogP contribution in [-0.2, 0) is 27.8 Å². The molecule has 8 nitrogen and oxygen atoms in total. The molecule has 3 heterocycles. The number of aryl methyl sites for hydroxylation is 1. The molecule has 0 radical (unpaired) electrons. The number of carbonyl (C=O) groups excluding carboxylic acids is 1. The van der Waals surface area contributed by atoms with E-state index in [-0.39, 0.29) is 30.1 Å². The van der Waals surface area contributed by atoms with Gasteiger partial charge >= 0.3 is 0 Å². The van der Waals surface area contributed by atoms with Gasteiger partial charge in [0.2, 0.25) is 5.56 Å². The minimum absolute atomic E-state index is 0.0352. The third-order valence-corrected chi connectivity index (χ3v) is 7.40. The van der Waals surface area contributed by atoms with Gasteiger partial charge in [0.15, 0.2) is 11.6 Å². The summed E-state index contributed by atoms with van der Waals surface area (Å²) < 4.78 is 36.2. The quantitative estimate of drug-likeness (QED) is 0.282. The van der Waals surface area contributed by atoms with Crippen LogP contribution < -0.4 is 5.56 Å². The Morgan fingerprint density at radius 1 is 1.10 bits per heavy atom. The number of carbonyl (C=O) groups is 1. The topological polar surface area (TPSA) is 78.6 Å². The molecule has 41 heavy (non-hydrogen) atoms. The van der Waals surface area contributed by atoms with Crippen molar-refractivity contribution in [3.05, 3.63) is 106 Å². The number of hydroxylamine groups is 2. The molecular weight excluding hydrogens is 530 g/mol. The Morgan fingerprint density at radius 2 is 1.88 bits per heavy atom. The second kappa shape index (κ2) is 12.3. The Morgan fingerprint density at radius 3 is 2.59 bits per heavy atom. The number of pyridine rings is 1. The van der Waals surface area contributed by atoms with E-state index in [1.807, 2.05) is 37.3 Å². The van der Waals surface area contributed by atoms with Crippen LogP contribution in [0.2, 0.25) is 0 Å². The summed E-state index contributed by atoms with van der Waals surface area (Å²) in [7, 11) is 3.27. The van der Waals surface area contributed by atoms with E-state index in [0.29, 0.717) is 31.0 Å². The molecule has 2 atom stereocenters. The lowest BCUT2D eigenvalue weighted by Crippen LogP contribution is -2.24. The molecule has 0 spiro atoms. The summed E-state index contributed by atoms with van der Waals surface area (Å²) in [6.07, 6.45) is 1.41. The van der Waals surface area contributed by atoms with Crippen molar-refractivity contribution in [3.63, 3.8) is 0 Å². The first-order chi connectivity index (χ1) is 19.7. The van der Waals surface area contributed by atoms with Gasteiger partial charge in [-0.25, -0.2) is 13.5 Å². The Bertz CT molecular complexity index is 1600. The van der Waals surface area contributed by atoms with E-state index >= 15 is 0 Å². The van der Waals surface area contributed by atoms with E-state index in [1.165, 1.54) is 16.7 Å². The van der Waals surface area contributed by atoms with E-state index in [2.05, 4.69) is 0 Å². The van der Waals surface area contributed by atoms with Gasteiger partial charge in [0.05, 0.1) is 23.7 Å². The number of methoxy groups -OCH3 is 1. The highest BCUT2D eigenvalue weighted by molar-refractivity contribution is 5.82. The van der Waals surface area contributed by atoms with E-state index < -0.39 is 17.7 Å². The van der Waals surface area contributed by atoms with E-state index in [9.17, 15) is 18.4 Å². The lowest BCUT2D eigenvalue weighted by molar-refractivity contribution is -0.155. The van der Waals surface area contributed by atoms with Crippen LogP contribution in [0.4, 0.5) is 8.78 Å². The standard InChI is InChI=1S/C31H32F2N4O4/c1-20-28(37(24-7-5-4-6-8-24)34-30(20)22-10-12-29(39)35(2)18-22)17-25(38)15-23-19-36(13-14-40-3)41-31(23)21-9-11-26(32)27(33)16-21/h4-12,16,18,23,31H,13-15,17,19H2,1-3H3/t23-,31+/m1/s1. The van der Waals surface area contributed by atoms with Gasteiger partial charge < -0.3 is 9.30 Å². The predicted octanol–water partition coefficient (Wildman–Crippen LogP) is 4.58. The van der Waals surface area contributed by atoms with Crippen LogP contribution in [0.3, 0.4) is 0 Å². The number of halogens is 2. The molecule has 0 saturated carbocycles. The molecule has 10 heteroatoms. The smallest absolute Gasteiger partial charge is 0.250 e. The summed E-state index contributed by atoms with van der Waals surface area (Å²) in [5, 5.41) is 6.57. The molecule has 4 aromatic rings. The molecule has 2 aromatic heterocycles. The largest absolute Gasteiger partial charge is 0.383 e. The number of benzene rings is 2. The second-order valence-corrected chi connectivity index (χ2v) is 10.3. The lowest BCUT2D eigenvalue weighted by atomic mass is 9.90. The zero-order valence-electron chi connectivity index (χ0n) is 23.2. The fraction of sp³-hybridized carbons (Fsp3) is 0.323. The minimum atomic E-state index is -0.958. The third-order valence-electron chi connectivity index (χ3n) is 7.40. The molecule has 5 rings (SSSR count). The average molecular weight is 563 g/mol. The van der Waals surface area contributed by atoms with E-state index in [0.717, 1.165) is 34.6 Å². The Hall–Kier alpha value is -3.99. The number of ketones is 1. The van der Waals surface area contributed by atoms with Gasteiger partial charge in [0.1, 0.15) is 11.9 Å². The number of hydrogen-bond donors (Lipinski definition) is 0. The van der Waals surface area contributed by atoms with Crippen molar-refractivity contribution in [3.8, 4) is 16.9 Å². The first-order valence-electron chi connectivity index (χ1n) is 13.4. The molecule has 1 fully saturated rings. The molecule has 0 unspecified atom stereocenters. The van der Waals surface area contributed by atoms with Crippen molar-refractivity contribution in [1.29, 1.82) is 0 Å². The Labute approximate surface area is 236 Å².